The lowest BCUT2D eigenvalue weighted by Crippen LogP contribution is -2.32. The van der Waals surface area contributed by atoms with Gasteiger partial charge in [0, 0.05) is 19.7 Å². The van der Waals surface area contributed by atoms with E-state index in [1.54, 1.807) is 26.4 Å². The minimum absolute atomic E-state index is 0.267. The van der Waals surface area contributed by atoms with Gasteiger partial charge in [-0.25, -0.2) is 0 Å². The van der Waals surface area contributed by atoms with Crippen LogP contribution in [0.2, 0.25) is 0 Å². The zero-order chi connectivity index (χ0) is 12.2. The van der Waals surface area contributed by atoms with Crippen LogP contribution in [0.1, 0.15) is 13.8 Å². The number of nitrogens with zero attached hydrogens (tertiary/aromatic N) is 1. The van der Waals surface area contributed by atoms with Crippen LogP contribution in [-0.2, 0) is 4.74 Å². The molecule has 1 rings (SSSR count). The van der Waals surface area contributed by atoms with Crippen molar-refractivity contribution in [3.8, 4) is 5.88 Å². The molecular weight excluding hydrogens is 206 g/mol. The van der Waals surface area contributed by atoms with E-state index in [2.05, 4.69) is 10.3 Å². The van der Waals surface area contributed by atoms with Crippen molar-refractivity contribution in [1.82, 2.24) is 4.98 Å². The van der Waals surface area contributed by atoms with E-state index in [0.29, 0.717) is 23.9 Å². The van der Waals surface area contributed by atoms with Crippen LogP contribution < -0.4 is 15.8 Å². The average molecular weight is 225 g/mol. The standard InChI is InChI=1S/C11H19N3O2/c1-11(2,16-4)7-13-10-8(12)5-6-9(14-10)15-3/h5-6H,7,12H2,1-4H3,(H,13,14). The van der Waals surface area contributed by atoms with Crippen LogP contribution in [0.3, 0.4) is 0 Å². The first-order valence-electron chi connectivity index (χ1n) is 5.08. The van der Waals surface area contributed by atoms with Crippen LogP contribution >= 0.6 is 0 Å². The van der Waals surface area contributed by atoms with Crippen molar-refractivity contribution in [2.45, 2.75) is 19.4 Å². The van der Waals surface area contributed by atoms with Gasteiger partial charge >= 0.3 is 0 Å². The van der Waals surface area contributed by atoms with Crippen molar-refractivity contribution >= 4 is 11.5 Å². The maximum Gasteiger partial charge on any atom is 0.215 e. The summed E-state index contributed by atoms with van der Waals surface area (Å²) in [6.45, 7) is 4.58. The normalized spacial score (nSPS) is 11.2. The predicted molar refractivity (Wildman–Crippen MR) is 64.8 cm³/mol. The summed E-state index contributed by atoms with van der Waals surface area (Å²) in [6.07, 6.45) is 0. The van der Waals surface area contributed by atoms with Gasteiger partial charge in [0.15, 0.2) is 5.82 Å². The maximum atomic E-state index is 5.79. The van der Waals surface area contributed by atoms with E-state index >= 15 is 0 Å². The van der Waals surface area contributed by atoms with Crippen LogP contribution in [-0.4, -0.2) is 31.3 Å². The highest BCUT2D eigenvalue weighted by Gasteiger charge is 2.16. The van der Waals surface area contributed by atoms with Crippen LogP contribution in [0, 0.1) is 0 Å². The van der Waals surface area contributed by atoms with Gasteiger partial charge < -0.3 is 20.5 Å². The minimum Gasteiger partial charge on any atom is -0.481 e. The molecule has 1 aromatic heterocycles. The van der Waals surface area contributed by atoms with Gasteiger partial charge in [0.2, 0.25) is 5.88 Å². The van der Waals surface area contributed by atoms with E-state index in [9.17, 15) is 0 Å². The number of ether oxygens (including phenoxy) is 2. The Morgan fingerprint density at radius 3 is 2.62 bits per heavy atom. The van der Waals surface area contributed by atoms with E-state index in [4.69, 9.17) is 15.2 Å². The summed E-state index contributed by atoms with van der Waals surface area (Å²) in [6, 6.07) is 3.48. The highest BCUT2D eigenvalue weighted by atomic mass is 16.5. The molecule has 0 bridgehead atoms. The molecule has 0 aliphatic heterocycles. The number of rotatable bonds is 5. The summed E-state index contributed by atoms with van der Waals surface area (Å²) in [5, 5.41) is 3.14. The van der Waals surface area contributed by atoms with Gasteiger partial charge in [-0.2, -0.15) is 4.98 Å². The highest BCUT2D eigenvalue weighted by molar-refractivity contribution is 5.62. The fraction of sp³-hybridized carbons (Fsp3) is 0.545. The second kappa shape index (κ2) is 5.03. The van der Waals surface area contributed by atoms with E-state index in [-0.39, 0.29) is 5.60 Å². The zero-order valence-electron chi connectivity index (χ0n) is 10.2. The molecular formula is C11H19N3O2. The lowest BCUT2D eigenvalue weighted by atomic mass is 10.1. The first-order chi connectivity index (χ1) is 7.48. The number of nitrogens with two attached hydrogens (primary N) is 1. The lowest BCUT2D eigenvalue weighted by Gasteiger charge is -2.23. The van der Waals surface area contributed by atoms with Gasteiger partial charge in [0.05, 0.1) is 18.4 Å². The summed E-state index contributed by atoms with van der Waals surface area (Å²) in [5.74, 6) is 1.15. The summed E-state index contributed by atoms with van der Waals surface area (Å²) < 4.78 is 10.3. The molecule has 0 aliphatic rings. The Morgan fingerprint density at radius 1 is 1.38 bits per heavy atom. The predicted octanol–water partition coefficient (Wildman–Crippen LogP) is 1.51. The van der Waals surface area contributed by atoms with Gasteiger partial charge in [-0.05, 0) is 19.9 Å². The van der Waals surface area contributed by atoms with E-state index in [0.717, 1.165) is 0 Å². The third-order valence-corrected chi connectivity index (χ3v) is 2.34. The number of pyridine rings is 1. The molecule has 0 saturated carbocycles. The van der Waals surface area contributed by atoms with Gasteiger partial charge in [-0.1, -0.05) is 0 Å². The largest absolute Gasteiger partial charge is 0.481 e. The fourth-order valence-electron chi connectivity index (χ4n) is 1.08. The zero-order valence-corrected chi connectivity index (χ0v) is 10.2. The summed E-state index contributed by atoms with van der Waals surface area (Å²) in [7, 11) is 3.24. The van der Waals surface area contributed by atoms with Crippen molar-refractivity contribution in [3.05, 3.63) is 12.1 Å². The molecule has 0 saturated heterocycles. The number of nitrogen functional groups attached to an aromatic ring is 1. The molecule has 1 aromatic rings. The smallest absolute Gasteiger partial charge is 0.215 e. The number of hydrogen-bond donors (Lipinski definition) is 2. The molecule has 16 heavy (non-hydrogen) atoms. The Morgan fingerprint density at radius 2 is 2.06 bits per heavy atom. The molecule has 0 aliphatic carbocycles. The Labute approximate surface area is 96.0 Å². The molecule has 3 N–H and O–H groups in total. The van der Waals surface area contributed by atoms with Gasteiger partial charge in [0.25, 0.3) is 0 Å². The molecule has 0 aromatic carbocycles. The highest BCUT2D eigenvalue weighted by Crippen LogP contribution is 2.20. The Hall–Kier alpha value is -1.49. The van der Waals surface area contributed by atoms with Crippen LogP contribution in [0.25, 0.3) is 0 Å². The average Bonchev–Trinajstić information content (AvgIpc) is 2.28. The fourth-order valence-corrected chi connectivity index (χ4v) is 1.08. The molecule has 0 radical (unpaired) electrons. The minimum atomic E-state index is -0.267. The molecule has 5 nitrogen and oxygen atoms in total. The first kappa shape index (κ1) is 12.6. The summed E-state index contributed by atoms with van der Waals surface area (Å²) in [5.41, 5.74) is 6.12. The third kappa shape index (κ3) is 3.27. The molecule has 1 heterocycles. The SMILES string of the molecule is COc1ccc(N)c(NCC(C)(C)OC)n1. The second-order valence-corrected chi connectivity index (χ2v) is 4.11. The Bertz CT molecular complexity index is 353. The van der Waals surface area contributed by atoms with Crippen LogP contribution in [0.4, 0.5) is 11.5 Å². The Balaban J connectivity index is 2.73. The van der Waals surface area contributed by atoms with Crippen molar-refractivity contribution in [2.75, 3.05) is 31.8 Å². The number of anilines is 2. The number of hydrogen-bond acceptors (Lipinski definition) is 5. The quantitative estimate of drug-likeness (QED) is 0.795. The van der Waals surface area contributed by atoms with Crippen molar-refractivity contribution < 1.29 is 9.47 Å². The lowest BCUT2D eigenvalue weighted by molar-refractivity contribution is 0.0343. The van der Waals surface area contributed by atoms with Crippen LogP contribution in [0.5, 0.6) is 5.88 Å². The van der Waals surface area contributed by atoms with Crippen molar-refractivity contribution in [3.63, 3.8) is 0 Å². The first-order valence-corrected chi connectivity index (χ1v) is 5.08. The second-order valence-electron chi connectivity index (χ2n) is 4.11. The van der Waals surface area contributed by atoms with E-state index < -0.39 is 0 Å². The monoisotopic (exact) mass is 225 g/mol. The van der Waals surface area contributed by atoms with Gasteiger partial charge in [-0.15, -0.1) is 0 Å². The number of methoxy groups -OCH3 is 2. The van der Waals surface area contributed by atoms with Crippen molar-refractivity contribution in [2.24, 2.45) is 0 Å². The molecule has 0 unspecified atom stereocenters. The van der Waals surface area contributed by atoms with E-state index in [1.165, 1.54) is 0 Å². The van der Waals surface area contributed by atoms with Crippen molar-refractivity contribution in [1.29, 1.82) is 0 Å². The number of aromatic nitrogens is 1. The van der Waals surface area contributed by atoms with Crippen LogP contribution in [0.15, 0.2) is 12.1 Å². The maximum absolute atomic E-state index is 5.79. The molecule has 0 spiro atoms. The topological polar surface area (TPSA) is 69.4 Å². The molecule has 90 valence electrons. The number of nitrogens with one attached hydrogen (secondary N) is 1. The third-order valence-electron chi connectivity index (χ3n) is 2.34. The Kier molecular flexibility index (Phi) is 3.95. The molecule has 0 fully saturated rings. The summed E-state index contributed by atoms with van der Waals surface area (Å²) >= 11 is 0. The molecule has 0 amide bonds. The van der Waals surface area contributed by atoms with Gasteiger partial charge in [0.1, 0.15) is 0 Å². The molecule has 0 atom stereocenters. The van der Waals surface area contributed by atoms with Gasteiger partial charge in [-0.3, -0.25) is 0 Å². The summed E-state index contributed by atoms with van der Waals surface area (Å²) in [4.78, 5) is 4.21. The molecule has 5 heteroatoms. The van der Waals surface area contributed by atoms with E-state index in [1.807, 2.05) is 13.8 Å².